The molecule has 2 nitrogen and oxygen atoms in total. The van der Waals surface area contributed by atoms with Crippen LogP contribution in [0.3, 0.4) is 0 Å². The lowest BCUT2D eigenvalue weighted by Gasteiger charge is -2.27. The molecule has 0 saturated carbocycles. The molecule has 0 aliphatic carbocycles. The minimum atomic E-state index is 0.143. The van der Waals surface area contributed by atoms with E-state index in [1.54, 1.807) is 11.8 Å². The van der Waals surface area contributed by atoms with Gasteiger partial charge in [0.25, 0.3) is 0 Å². The van der Waals surface area contributed by atoms with Crippen molar-refractivity contribution in [2.45, 2.75) is 31.7 Å². The molecule has 0 aromatic heterocycles. The monoisotopic (exact) mass is 299 g/mol. The van der Waals surface area contributed by atoms with Crippen molar-refractivity contribution in [1.82, 2.24) is 0 Å². The van der Waals surface area contributed by atoms with Gasteiger partial charge < -0.3 is 4.90 Å². The molecule has 0 saturated heterocycles. The van der Waals surface area contributed by atoms with E-state index in [-0.39, 0.29) is 11.9 Å². The van der Waals surface area contributed by atoms with Gasteiger partial charge in [-0.2, -0.15) is 0 Å². The van der Waals surface area contributed by atoms with Gasteiger partial charge in [-0.05, 0) is 44.5 Å². The molecule has 2 aromatic carbocycles. The lowest BCUT2D eigenvalue weighted by Crippen LogP contribution is -2.38. The fraction of sp³-hybridized carbons (Fsp3) is 0.278. The molecule has 0 heterocycles. The van der Waals surface area contributed by atoms with Gasteiger partial charge in [-0.25, -0.2) is 0 Å². The van der Waals surface area contributed by atoms with E-state index in [9.17, 15) is 4.79 Å². The number of hydrogen-bond donors (Lipinski definition) is 0. The molecule has 0 unspecified atom stereocenters. The number of benzene rings is 2. The molecule has 1 amide bonds. The standard InChI is InChI=1S/C18H21NOS/c1-14(2)19(16-10-5-4-6-11-16)18(20)13-21-17-12-8-7-9-15(17)3/h4-12,14H,13H2,1-3H3. The first kappa shape index (κ1) is 15.6. The number of anilines is 1. The molecule has 0 N–H and O–H groups in total. The summed E-state index contributed by atoms with van der Waals surface area (Å²) in [5.74, 6) is 0.599. The third kappa shape index (κ3) is 4.11. The fourth-order valence-electron chi connectivity index (χ4n) is 2.25. The Morgan fingerprint density at radius 3 is 2.29 bits per heavy atom. The van der Waals surface area contributed by atoms with Crippen LogP contribution < -0.4 is 4.90 Å². The average molecular weight is 299 g/mol. The molecule has 3 heteroatoms. The van der Waals surface area contributed by atoms with Crippen LogP contribution in [0.1, 0.15) is 19.4 Å². The van der Waals surface area contributed by atoms with Gasteiger partial charge in [-0.15, -0.1) is 11.8 Å². The van der Waals surface area contributed by atoms with Gasteiger partial charge in [0.05, 0.1) is 5.75 Å². The highest BCUT2D eigenvalue weighted by Crippen LogP contribution is 2.24. The molecule has 110 valence electrons. The van der Waals surface area contributed by atoms with Crippen molar-refractivity contribution in [2.75, 3.05) is 10.7 Å². The Hall–Kier alpha value is -1.74. The molecule has 2 aromatic rings. The van der Waals surface area contributed by atoms with Gasteiger partial charge in [0.1, 0.15) is 0 Å². The zero-order chi connectivity index (χ0) is 15.2. The van der Waals surface area contributed by atoms with Crippen LogP contribution in [0, 0.1) is 6.92 Å². The van der Waals surface area contributed by atoms with Crippen LogP contribution in [0.2, 0.25) is 0 Å². The lowest BCUT2D eigenvalue weighted by atomic mass is 10.2. The van der Waals surface area contributed by atoms with E-state index in [4.69, 9.17) is 0 Å². The van der Waals surface area contributed by atoms with E-state index >= 15 is 0 Å². The molecule has 0 spiro atoms. The van der Waals surface area contributed by atoms with Crippen molar-refractivity contribution in [3.05, 3.63) is 60.2 Å². The van der Waals surface area contributed by atoms with Crippen molar-refractivity contribution < 1.29 is 4.79 Å². The Balaban J connectivity index is 2.08. The molecule has 0 fully saturated rings. The van der Waals surface area contributed by atoms with E-state index in [0.29, 0.717) is 5.75 Å². The Morgan fingerprint density at radius 2 is 1.67 bits per heavy atom. The van der Waals surface area contributed by atoms with E-state index in [1.807, 2.05) is 61.2 Å². The normalized spacial score (nSPS) is 10.7. The SMILES string of the molecule is Cc1ccccc1SCC(=O)N(c1ccccc1)C(C)C. The maximum atomic E-state index is 12.6. The van der Waals surface area contributed by atoms with E-state index in [2.05, 4.69) is 19.1 Å². The number of para-hydroxylation sites is 1. The molecule has 21 heavy (non-hydrogen) atoms. The predicted molar refractivity (Wildman–Crippen MR) is 91.0 cm³/mol. The minimum absolute atomic E-state index is 0.143. The van der Waals surface area contributed by atoms with E-state index in [1.165, 1.54) is 10.5 Å². The van der Waals surface area contributed by atoms with E-state index in [0.717, 1.165) is 5.69 Å². The number of aryl methyl sites for hydroxylation is 1. The van der Waals surface area contributed by atoms with E-state index < -0.39 is 0 Å². The molecular weight excluding hydrogens is 278 g/mol. The number of rotatable bonds is 5. The Kier molecular flexibility index (Phi) is 5.45. The molecule has 0 radical (unpaired) electrons. The summed E-state index contributed by atoms with van der Waals surface area (Å²) in [6.07, 6.45) is 0. The third-order valence-corrected chi connectivity index (χ3v) is 4.42. The first-order valence-electron chi connectivity index (χ1n) is 7.15. The number of nitrogens with zero attached hydrogens (tertiary/aromatic N) is 1. The highest BCUT2D eigenvalue weighted by atomic mass is 32.2. The quantitative estimate of drug-likeness (QED) is 0.756. The number of thioether (sulfide) groups is 1. The Labute approximate surface area is 131 Å². The molecule has 2 rings (SSSR count). The van der Waals surface area contributed by atoms with Crippen molar-refractivity contribution in [2.24, 2.45) is 0 Å². The molecule has 0 aliphatic rings. The maximum absolute atomic E-state index is 12.6. The summed E-state index contributed by atoms with van der Waals surface area (Å²) in [7, 11) is 0. The highest BCUT2D eigenvalue weighted by Gasteiger charge is 2.18. The minimum Gasteiger partial charge on any atom is -0.309 e. The largest absolute Gasteiger partial charge is 0.309 e. The van der Waals surface area contributed by atoms with Gasteiger partial charge >= 0.3 is 0 Å². The highest BCUT2D eigenvalue weighted by molar-refractivity contribution is 8.00. The van der Waals surface area contributed by atoms with Gasteiger partial charge in [0.2, 0.25) is 5.91 Å². The summed E-state index contributed by atoms with van der Waals surface area (Å²) in [5.41, 5.74) is 2.17. The Bertz CT molecular complexity index is 595. The van der Waals surface area contributed by atoms with Crippen molar-refractivity contribution in [1.29, 1.82) is 0 Å². The predicted octanol–water partition coefficient (Wildman–Crippen LogP) is 4.53. The van der Waals surface area contributed by atoms with Gasteiger partial charge in [-0.3, -0.25) is 4.79 Å². The first-order chi connectivity index (χ1) is 10.1. The van der Waals surface area contributed by atoms with Crippen LogP contribution in [0.5, 0.6) is 0 Å². The summed E-state index contributed by atoms with van der Waals surface area (Å²) in [5, 5.41) is 0. The third-order valence-electron chi connectivity index (χ3n) is 3.26. The second kappa shape index (κ2) is 7.32. The summed E-state index contributed by atoms with van der Waals surface area (Å²) >= 11 is 1.60. The van der Waals surface area contributed by atoms with Gasteiger partial charge in [0.15, 0.2) is 0 Å². The summed E-state index contributed by atoms with van der Waals surface area (Å²) in [4.78, 5) is 15.6. The summed E-state index contributed by atoms with van der Waals surface area (Å²) in [6, 6.07) is 18.2. The smallest absolute Gasteiger partial charge is 0.237 e. The topological polar surface area (TPSA) is 20.3 Å². The van der Waals surface area contributed by atoms with Crippen molar-refractivity contribution in [3.8, 4) is 0 Å². The fourth-order valence-corrected chi connectivity index (χ4v) is 3.13. The number of hydrogen-bond acceptors (Lipinski definition) is 2. The number of amides is 1. The van der Waals surface area contributed by atoms with Crippen LogP contribution in [-0.2, 0) is 4.79 Å². The van der Waals surface area contributed by atoms with Gasteiger partial charge in [-0.1, -0.05) is 36.4 Å². The molecule has 0 atom stereocenters. The van der Waals surface area contributed by atoms with Crippen LogP contribution in [-0.4, -0.2) is 17.7 Å². The molecule has 0 bridgehead atoms. The molecular formula is C18H21NOS. The average Bonchev–Trinajstić information content (AvgIpc) is 2.47. The second-order valence-electron chi connectivity index (χ2n) is 5.25. The molecule has 0 aliphatic heterocycles. The van der Waals surface area contributed by atoms with Crippen molar-refractivity contribution >= 4 is 23.4 Å². The van der Waals surface area contributed by atoms with Crippen molar-refractivity contribution in [3.63, 3.8) is 0 Å². The summed E-state index contributed by atoms with van der Waals surface area (Å²) in [6.45, 7) is 6.16. The zero-order valence-electron chi connectivity index (χ0n) is 12.7. The van der Waals surface area contributed by atoms with Crippen LogP contribution >= 0.6 is 11.8 Å². The number of carbonyl (C=O) groups is 1. The van der Waals surface area contributed by atoms with Gasteiger partial charge in [0, 0.05) is 16.6 Å². The Morgan fingerprint density at radius 1 is 1.05 bits per heavy atom. The second-order valence-corrected chi connectivity index (χ2v) is 6.26. The maximum Gasteiger partial charge on any atom is 0.237 e. The summed E-state index contributed by atoms with van der Waals surface area (Å²) < 4.78 is 0. The van der Waals surface area contributed by atoms with Crippen LogP contribution in [0.25, 0.3) is 0 Å². The van der Waals surface area contributed by atoms with Crippen LogP contribution in [0.4, 0.5) is 5.69 Å². The lowest BCUT2D eigenvalue weighted by molar-refractivity contribution is -0.116. The van der Waals surface area contributed by atoms with Crippen LogP contribution in [0.15, 0.2) is 59.5 Å². The zero-order valence-corrected chi connectivity index (χ0v) is 13.6. The first-order valence-corrected chi connectivity index (χ1v) is 8.13. The number of carbonyl (C=O) groups excluding carboxylic acids is 1.